The molecule has 35 heavy (non-hydrogen) atoms. The van der Waals surface area contributed by atoms with Gasteiger partial charge in [-0.15, -0.1) is 0 Å². The predicted octanol–water partition coefficient (Wildman–Crippen LogP) is 2.89. The number of rotatable bonds is 8. The molecule has 1 aromatic carbocycles. The number of aliphatic hydroxyl groups is 1. The van der Waals surface area contributed by atoms with Crippen molar-refractivity contribution < 1.29 is 31.4 Å². The monoisotopic (exact) mass is 511 g/mol. The first-order valence-corrected chi connectivity index (χ1v) is 12.2. The van der Waals surface area contributed by atoms with E-state index in [1.807, 2.05) is 0 Å². The number of pyridine rings is 1. The lowest BCUT2D eigenvalue weighted by atomic mass is 9.98. The number of hydrogen-bond acceptors (Lipinski definition) is 7. The molecule has 3 N–H and O–H groups in total. The number of halogens is 3. The van der Waals surface area contributed by atoms with Crippen LogP contribution in [-0.2, 0) is 28.3 Å². The summed E-state index contributed by atoms with van der Waals surface area (Å²) in [5.41, 5.74) is -0.368. The average Bonchev–Trinajstić information content (AvgIpc) is 2.76. The summed E-state index contributed by atoms with van der Waals surface area (Å²) >= 11 is 0. The van der Waals surface area contributed by atoms with Gasteiger partial charge in [-0.3, -0.25) is 0 Å². The first kappa shape index (κ1) is 26.2. The Labute approximate surface area is 201 Å². The van der Waals surface area contributed by atoms with Crippen molar-refractivity contribution in [1.82, 2.24) is 9.97 Å². The summed E-state index contributed by atoms with van der Waals surface area (Å²) in [5.74, 6) is -0.494. The number of nitrogens with one attached hydrogen (secondary N) is 2. The third-order valence-electron chi connectivity index (χ3n) is 5.05. The maximum atomic E-state index is 13.5. The van der Waals surface area contributed by atoms with Crippen LogP contribution in [0, 0.1) is 0 Å². The summed E-state index contributed by atoms with van der Waals surface area (Å²) in [5, 5.41) is 15.6. The van der Waals surface area contributed by atoms with Crippen molar-refractivity contribution in [3.8, 4) is 0 Å². The van der Waals surface area contributed by atoms with Gasteiger partial charge in [-0.1, -0.05) is 21.2 Å². The third-order valence-corrected chi connectivity index (χ3v) is 6.20. The molecule has 0 unspecified atom stereocenters. The number of hydrogen-bond donors (Lipinski definition) is 3. The van der Waals surface area contributed by atoms with Crippen LogP contribution in [0.1, 0.15) is 30.5 Å². The van der Waals surface area contributed by atoms with Crippen molar-refractivity contribution in [2.45, 2.75) is 32.2 Å². The molecule has 13 heteroatoms. The van der Waals surface area contributed by atoms with E-state index in [0.717, 1.165) is 10.7 Å². The normalized spacial score (nSPS) is 12.3. The zero-order valence-electron chi connectivity index (χ0n) is 19.5. The molecule has 0 spiro atoms. The number of aromatic nitrogens is 3. The van der Waals surface area contributed by atoms with Crippen LogP contribution < -0.4 is 19.7 Å². The van der Waals surface area contributed by atoms with Crippen molar-refractivity contribution in [2.24, 2.45) is 0 Å². The molecule has 0 saturated heterocycles. The smallest absolute Gasteiger partial charge is 0.386 e. The molecule has 0 aliphatic rings. The standard InChI is InChI=1S/C22H26F3N6O3S/c1-21(2,32)16-7-9-17(10-8-16)28-20-27-13-18(22(23,24)25)19(29-20)26-12-15-6-5-11-31(14-15)30(3)35(4,33)34/h5-11,13-14,32H,12H2,1-4H3,(H2,26,27,28,29)/q+1. The Morgan fingerprint density at radius 2 is 1.80 bits per heavy atom. The number of sulfonamides is 1. The largest absolute Gasteiger partial charge is 0.421 e. The van der Waals surface area contributed by atoms with Crippen LogP contribution in [0.15, 0.2) is 55.0 Å². The van der Waals surface area contributed by atoms with E-state index in [0.29, 0.717) is 23.0 Å². The lowest BCUT2D eigenvalue weighted by Crippen LogP contribution is -2.57. The van der Waals surface area contributed by atoms with Gasteiger partial charge < -0.3 is 15.7 Å². The first-order valence-electron chi connectivity index (χ1n) is 10.4. The van der Waals surface area contributed by atoms with E-state index < -0.39 is 33.2 Å². The second-order valence-corrected chi connectivity index (χ2v) is 10.4. The molecule has 0 bridgehead atoms. The molecule has 0 aliphatic heterocycles. The number of alkyl halides is 3. The molecule has 3 aromatic rings. The lowest BCUT2D eigenvalue weighted by molar-refractivity contribution is -0.674. The second-order valence-electron chi connectivity index (χ2n) is 8.36. The molecule has 0 saturated carbocycles. The van der Waals surface area contributed by atoms with Crippen LogP contribution in [0.4, 0.5) is 30.6 Å². The van der Waals surface area contributed by atoms with Gasteiger partial charge in [-0.25, -0.2) is 13.4 Å². The van der Waals surface area contributed by atoms with Crippen molar-refractivity contribution in [3.05, 3.63) is 71.7 Å². The van der Waals surface area contributed by atoms with E-state index >= 15 is 0 Å². The second kappa shape index (κ2) is 9.66. The van der Waals surface area contributed by atoms with Crippen LogP contribution in [-0.4, -0.2) is 36.8 Å². The highest BCUT2D eigenvalue weighted by Crippen LogP contribution is 2.34. The van der Waals surface area contributed by atoms with Gasteiger partial charge in [0.05, 0.1) is 18.9 Å². The fraction of sp³-hybridized carbons (Fsp3) is 0.318. The molecular formula is C22H26F3N6O3S+. The van der Waals surface area contributed by atoms with Crippen LogP contribution in [0.25, 0.3) is 0 Å². The summed E-state index contributed by atoms with van der Waals surface area (Å²) in [7, 11) is -2.18. The minimum atomic E-state index is -4.69. The van der Waals surface area contributed by atoms with Crippen molar-refractivity contribution in [2.75, 3.05) is 28.4 Å². The molecule has 188 valence electrons. The van der Waals surface area contributed by atoms with E-state index in [9.17, 15) is 26.7 Å². The van der Waals surface area contributed by atoms with Gasteiger partial charge in [-0.05, 0) is 37.6 Å². The van der Waals surface area contributed by atoms with E-state index in [1.165, 1.54) is 24.1 Å². The Balaban J connectivity index is 1.84. The van der Waals surface area contributed by atoms with E-state index in [4.69, 9.17) is 0 Å². The van der Waals surface area contributed by atoms with Gasteiger partial charge in [0, 0.05) is 30.1 Å². The predicted molar refractivity (Wildman–Crippen MR) is 125 cm³/mol. The molecule has 9 nitrogen and oxygen atoms in total. The Morgan fingerprint density at radius 1 is 1.14 bits per heavy atom. The number of benzene rings is 1. The highest BCUT2D eigenvalue weighted by molar-refractivity contribution is 7.91. The fourth-order valence-corrected chi connectivity index (χ4v) is 3.47. The quantitative estimate of drug-likeness (QED) is 0.399. The molecule has 2 heterocycles. The average molecular weight is 512 g/mol. The number of anilines is 3. The summed E-state index contributed by atoms with van der Waals surface area (Å²) in [6.07, 6.45) is 0.00935. The molecule has 3 rings (SSSR count). The Morgan fingerprint density at radius 3 is 2.37 bits per heavy atom. The SMILES string of the molecule is CN([n+]1cccc(CNc2nc(Nc3ccc(C(C)(C)O)cc3)ncc2C(F)(F)F)c1)S(C)(=O)=O. The van der Waals surface area contributed by atoms with E-state index in [1.54, 1.807) is 50.2 Å². The van der Waals surface area contributed by atoms with E-state index in [2.05, 4.69) is 20.6 Å². The molecule has 0 aliphatic carbocycles. The summed E-state index contributed by atoms with van der Waals surface area (Å²) in [4.78, 5) is 7.78. The summed E-state index contributed by atoms with van der Waals surface area (Å²) in [6, 6.07) is 9.89. The zero-order chi connectivity index (χ0) is 26.0. The van der Waals surface area contributed by atoms with Crippen molar-refractivity contribution in [3.63, 3.8) is 0 Å². The highest BCUT2D eigenvalue weighted by Gasteiger charge is 2.35. The van der Waals surface area contributed by atoms with Gasteiger partial charge in [0.25, 0.3) is 10.0 Å². The Kier molecular flexibility index (Phi) is 7.22. The molecule has 0 radical (unpaired) electrons. The van der Waals surface area contributed by atoms with Crippen molar-refractivity contribution in [1.29, 1.82) is 0 Å². The Hall–Kier alpha value is -3.45. The minimum Gasteiger partial charge on any atom is -0.386 e. The van der Waals surface area contributed by atoms with E-state index in [-0.39, 0.29) is 12.5 Å². The minimum absolute atomic E-state index is 0.0573. The third kappa shape index (κ3) is 6.79. The van der Waals surface area contributed by atoms with Gasteiger partial charge in [0.2, 0.25) is 18.3 Å². The molecule has 0 fully saturated rings. The topological polar surface area (TPSA) is 111 Å². The van der Waals surface area contributed by atoms with Crippen molar-refractivity contribution >= 4 is 27.5 Å². The maximum absolute atomic E-state index is 13.5. The summed E-state index contributed by atoms with van der Waals surface area (Å²) < 4.78 is 66.5. The van der Waals surface area contributed by atoms with Crippen LogP contribution >= 0.6 is 0 Å². The van der Waals surface area contributed by atoms with Gasteiger partial charge >= 0.3 is 6.18 Å². The zero-order valence-corrected chi connectivity index (χ0v) is 20.3. The van der Waals surface area contributed by atoms with Crippen LogP contribution in [0.3, 0.4) is 0 Å². The molecule has 2 aromatic heterocycles. The van der Waals surface area contributed by atoms with Crippen LogP contribution in [0.5, 0.6) is 0 Å². The van der Waals surface area contributed by atoms with Gasteiger partial charge in [0.15, 0.2) is 0 Å². The molecular weight excluding hydrogens is 485 g/mol. The molecule has 0 atom stereocenters. The molecule has 0 amide bonds. The lowest BCUT2D eigenvalue weighted by Gasteiger charge is -2.18. The van der Waals surface area contributed by atoms with Gasteiger partial charge in [-0.2, -0.15) is 18.2 Å². The van der Waals surface area contributed by atoms with Gasteiger partial charge in [0.1, 0.15) is 11.4 Å². The number of nitrogens with zero attached hydrogens (tertiary/aromatic N) is 4. The summed E-state index contributed by atoms with van der Waals surface area (Å²) in [6.45, 7) is 3.22. The highest BCUT2D eigenvalue weighted by atomic mass is 32.2. The maximum Gasteiger partial charge on any atom is 0.421 e. The Bertz CT molecular complexity index is 1290. The van der Waals surface area contributed by atoms with Crippen LogP contribution in [0.2, 0.25) is 0 Å². The fourth-order valence-electron chi connectivity index (χ4n) is 3.02. The first-order chi connectivity index (χ1) is 16.1.